The van der Waals surface area contributed by atoms with Crippen LogP contribution in [0.1, 0.15) is 27.5 Å². The molecule has 1 unspecified atom stereocenters. The van der Waals surface area contributed by atoms with Crippen molar-refractivity contribution >= 4 is 17.8 Å². The van der Waals surface area contributed by atoms with Crippen LogP contribution in [0.2, 0.25) is 0 Å². The van der Waals surface area contributed by atoms with Crippen molar-refractivity contribution in [3.63, 3.8) is 0 Å². The van der Waals surface area contributed by atoms with Crippen LogP contribution in [0.5, 0.6) is 17.2 Å². The van der Waals surface area contributed by atoms with Crippen molar-refractivity contribution in [2.24, 2.45) is 0 Å². The molecule has 1 aliphatic rings. The summed E-state index contributed by atoms with van der Waals surface area (Å²) in [6, 6.07) is 7.93. The van der Waals surface area contributed by atoms with E-state index in [1.165, 1.54) is 45.6 Å². The molecule has 0 fully saturated rings. The lowest BCUT2D eigenvalue weighted by Gasteiger charge is -2.17. The third-order valence-electron chi connectivity index (χ3n) is 4.65. The Bertz CT molecular complexity index is 1030. The van der Waals surface area contributed by atoms with Gasteiger partial charge in [0.1, 0.15) is 5.75 Å². The zero-order chi connectivity index (χ0) is 22.1. The fourth-order valence-electron chi connectivity index (χ4n) is 3.21. The Kier molecular flexibility index (Phi) is 5.73. The Morgan fingerprint density at radius 2 is 1.70 bits per heavy atom. The Labute approximate surface area is 170 Å². The fraction of sp³-hybridized carbons (Fsp3) is 0.238. The van der Waals surface area contributed by atoms with Crippen molar-refractivity contribution in [3.05, 3.63) is 58.7 Å². The van der Waals surface area contributed by atoms with Crippen LogP contribution in [-0.2, 0) is 4.79 Å². The van der Waals surface area contributed by atoms with Gasteiger partial charge in [-0.2, -0.15) is 13.2 Å². The zero-order valence-electron chi connectivity index (χ0n) is 16.3. The van der Waals surface area contributed by atoms with Gasteiger partial charge in [-0.05, 0) is 47.5 Å². The van der Waals surface area contributed by atoms with Gasteiger partial charge in [-0.3, -0.25) is 9.59 Å². The number of rotatable bonds is 5. The summed E-state index contributed by atoms with van der Waals surface area (Å²) in [5, 5.41) is 1.91. The van der Waals surface area contributed by atoms with Crippen LogP contribution in [-0.4, -0.2) is 39.2 Å². The number of alkyl halides is 3. The molecule has 0 bridgehead atoms. The molecule has 0 aromatic heterocycles. The summed E-state index contributed by atoms with van der Waals surface area (Å²) >= 11 is 0. The maximum Gasteiger partial charge on any atom is 0.471 e. The molecule has 0 heterocycles. The van der Waals surface area contributed by atoms with Crippen molar-refractivity contribution in [1.29, 1.82) is 0 Å². The largest absolute Gasteiger partial charge is 0.497 e. The van der Waals surface area contributed by atoms with Crippen molar-refractivity contribution in [2.75, 3.05) is 21.3 Å². The summed E-state index contributed by atoms with van der Waals surface area (Å²) in [6.45, 7) is 0. The van der Waals surface area contributed by atoms with E-state index in [0.29, 0.717) is 22.8 Å². The van der Waals surface area contributed by atoms with Gasteiger partial charge in [0.05, 0.1) is 27.4 Å². The number of carbonyl (C=O) groups is 2. The molecule has 0 spiro atoms. The molecule has 0 radical (unpaired) electrons. The van der Waals surface area contributed by atoms with E-state index in [2.05, 4.69) is 0 Å². The number of benzene rings is 2. The van der Waals surface area contributed by atoms with Crippen molar-refractivity contribution < 1.29 is 37.0 Å². The molecule has 1 N–H and O–H groups in total. The summed E-state index contributed by atoms with van der Waals surface area (Å²) in [7, 11) is 4.29. The normalized spacial score (nSPS) is 16.9. The number of hydrogen-bond acceptors (Lipinski definition) is 5. The van der Waals surface area contributed by atoms with Gasteiger partial charge in [0.25, 0.3) is 0 Å². The fourth-order valence-corrected chi connectivity index (χ4v) is 3.21. The summed E-state index contributed by atoms with van der Waals surface area (Å²) in [5.74, 6) is -1.45. The molecule has 30 heavy (non-hydrogen) atoms. The molecule has 0 saturated heterocycles. The average molecular weight is 421 g/mol. The zero-order valence-corrected chi connectivity index (χ0v) is 16.3. The van der Waals surface area contributed by atoms with Gasteiger partial charge in [0, 0.05) is 11.1 Å². The molecule has 2 aromatic rings. The van der Waals surface area contributed by atoms with Crippen LogP contribution in [0.15, 0.2) is 42.0 Å². The highest BCUT2D eigenvalue weighted by Gasteiger charge is 2.43. The van der Waals surface area contributed by atoms with Crippen LogP contribution < -0.4 is 19.5 Å². The van der Waals surface area contributed by atoms with Crippen LogP contribution in [0.25, 0.3) is 6.08 Å². The molecule has 6 nitrogen and oxygen atoms in total. The lowest BCUT2D eigenvalue weighted by atomic mass is 10.0. The van der Waals surface area contributed by atoms with Crippen LogP contribution >= 0.6 is 0 Å². The van der Waals surface area contributed by atoms with E-state index in [0.717, 1.165) is 0 Å². The first-order valence-electron chi connectivity index (χ1n) is 8.73. The number of ketones is 1. The lowest BCUT2D eigenvalue weighted by Crippen LogP contribution is -2.39. The Morgan fingerprint density at radius 1 is 1.00 bits per heavy atom. The monoisotopic (exact) mass is 421 g/mol. The van der Waals surface area contributed by atoms with E-state index in [4.69, 9.17) is 14.2 Å². The van der Waals surface area contributed by atoms with Gasteiger partial charge in [-0.15, -0.1) is 0 Å². The minimum Gasteiger partial charge on any atom is -0.497 e. The van der Waals surface area contributed by atoms with Gasteiger partial charge >= 0.3 is 12.1 Å². The maximum absolute atomic E-state index is 12.9. The summed E-state index contributed by atoms with van der Waals surface area (Å²) in [4.78, 5) is 24.6. The molecule has 2 aromatic carbocycles. The molecule has 1 aliphatic carbocycles. The maximum atomic E-state index is 12.9. The quantitative estimate of drug-likeness (QED) is 0.746. The number of halogens is 3. The predicted molar refractivity (Wildman–Crippen MR) is 102 cm³/mol. The topological polar surface area (TPSA) is 73.9 Å². The first-order chi connectivity index (χ1) is 14.2. The van der Waals surface area contributed by atoms with Crippen molar-refractivity contribution in [2.45, 2.75) is 12.2 Å². The van der Waals surface area contributed by atoms with E-state index < -0.39 is 23.9 Å². The number of amides is 1. The number of methoxy groups -OCH3 is 3. The summed E-state index contributed by atoms with van der Waals surface area (Å²) in [5.41, 5.74) is 0.892. The summed E-state index contributed by atoms with van der Waals surface area (Å²) < 4.78 is 54.1. The van der Waals surface area contributed by atoms with Gasteiger partial charge in [-0.1, -0.05) is 6.07 Å². The Hall–Kier alpha value is -3.49. The number of Topliss-reactive ketones (excluding diaryl/α,β-unsaturated/α-hetero) is 1. The highest BCUT2D eigenvalue weighted by atomic mass is 19.4. The first-order valence-corrected chi connectivity index (χ1v) is 8.73. The van der Waals surface area contributed by atoms with Gasteiger partial charge in [-0.25, -0.2) is 0 Å². The van der Waals surface area contributed by atoms with E-state index in [9.17, 15) is 22.8 Å². The summed E-state index contributed by atoms with van der Waals surface area (Å²) in [6.07, 6.45) is -3.68. The number of hydrogen-bond donors (Lipinski definition) is 1. The van der Waals surface area contributed by atoms with Crippen LogP contribution in [0.3, 0.4) is 0 Å². The Morgan fingerprint density at radius 3 is 2.30 bits per heavy atom. The third kappa shape index (κ3) is 3.96. The predicted octanol–water partition coefficient (Wildman–Crippen LogP) is 3.71. The van der Waals surface area contributed by atoms with E-state index in [1.54, 1.807) is 18.2 Å². The molecular formula is C21H18F3NO5. The van der Waals surface area contributed by atoms with Gasteiger partial charge in [0.15, 0.2) is 17.3 Å². The highest BCUT2D eigenvalue weighted by Crippen LogP contribution is 2.40. The minimum atomic E-state index is -5.10. The molecule has 1 amide bonds. The number of fused-ring (bicyclic) bond motifs is 1. The van der Waals surface area contributed by atoms with Crippen molar-refractivity contribution in [3.8, 4) is 17.2 Å². The van der Waals surface area contributed by atoms with Crippen LogP contribution in [0.4, 0.5) is 13.2 Å². The molecule has 9 heteroatoms. The smallest absolute Gasteiger partial charge is 0.471 e. The SMILES string of the molecule is COc1ccc2c(c1)C(NC(=O)C(F)(F)F)/C(=C\c1ccc(OC)c(OC)c1)C2=O. The second-order valence-corrected chi connectivity index (χ2v) is 6.40. The van der Waals surface area contributed by atoms with Crippen LogP contribution in [0, 0.1) is 0 Å². The molecule has 1 atom stereocenters. The lowest BCUT2D eigenvalue weighted by molar-refractivity contribution is -0.174. The molecule has 0 aliphatic heterocycles. The standard InChI is InChI=1S/C21H18F3NO5/c1-28-12-5-6-13-14(10-12)18(25-20(27)21(22,23)24)15(19(13)26)8-11-4-7-16(29-2)17(9-11)30-3/h4-10,18H,1-3H3,(H,25,27)/b15-8+. The second kappa shape index (κ2) is 8.10. The van der Waals surface area contributed by atoms with E-state index in [-0.39, 0.29) is 16.7 Å². The molecule has 3 rings (SSSR count). The molecule has 158 valence electrons. The van der Waals surface area contributed by atoms with Gasteiger partial charge < -0.3 is 19.5 Å². The van der Waals surface area contributed by atoms with Crippen molar-refractivity contribution in [1.82, 2.24) is 5.32 Å². The Balaban J connectivity index is 2.10. The molecular weight excluding hydrogens is 403 g/mol. The first kappa shape index (κ1) is 21.2. The average Bonchev–Trinajstić information content (AvgIpc) is 2.98. The molecule has 0 saturated carbocycles. The van der Waals surface area contributed by atoms with E-state index >= 15 is 0 Å². The second-order valence-electron chi connectivity index (χ2n) is 6.40. The number of ether oxygens (including phenoxy) is 3. The number of carbonyl (C=O) groups excluding carboxylic acids is 2. The number of nitrogens with one attached hydrogen (secondary N) is 1. The van der Waals surface area contributed by atoms with E-state index in [1.807, 2.05) is 5.32 Å². The minimum absolute atomic E-state index is 0.0110. The third-order valence-corrected chi connectivity index (χ3v) is 4.65. The highest BCUT2D eigenvalue weighted by molar-refractivity contribution is 6.17. The van der Waals surface area contributed by atoms with Gasteiger partial charge in [0.2, 0.25) is 0 Å².